The Morgan fingerprint density at radius 3 is 2.27 bits per heavy atom. The molecule has 15 heavy (non-hydrogen) atoms. The largest absolute Gasteiger partial charge is 0.384 e. The highest BCUT2D eigenvalue weighted by molar-refractivity contribution is 5.03. The maximum Gasteiger partial charge on any atom is 0.0530 e. The molecular formula is C13H23NO. The Bertz CT molecular complexity index is 233. The molecular weight excluding hydrogens is 186 g/mol. The minimum atomic E-state index is 0.564. The van der Waals surface area contributed by atoms with Crippen LogP contribution in [0.4, 0.5) is 0 Å². The molecule has 0 aromatic carbocycles. The smallest absolute Gasteiger partial charge is 0.0530 e. The van der Waals surface area contributed by atoms with Gasteiger partial charge in [-0.1, -0.05) is 12.8 Å². The van der Waals surface area contributed by atoms with E-state index in [9.17, 15) is 0 Å². The van der Waals surface area contributed by atoms with Crippen LogP contribution in [0.15, 0.2) is 0 Å². The number of nitrogens with zero attached hydrogens (tertiary/aromatic N) is 1. The van der Waals surface area contributed by atoms with Gasteiger partial charge in [0.05, 0.1) is 6.61 Å². The minimum Gasteiger partial charge on any atom is -0.384 e. The van der Waals surface area contributed by atoms with Gasteiger partial charge >= 0.3 is 0 Å². The van der Waals surface area contributed by atoms with Gasteiger partial charge in [-0.3, -0.25) is 0 Å². The van der Waals surface area contributed by atoms with Gasteiger partial charge in [0.1, 0.15) is 0 Å². The van der Waals surface area contributed by atoms with Gasteiger partial charge in [0.2, 0.25) is 0 Å². The summed E-state index contributed by atoms with van der Waals surface area (Å²) in [5, 5.41) is 0. The second-order valence-corrected chi connectivity index (χ2v) is 6.29. The van der Waals surface area contributed by atoms with Crippen LogP contribution in [0.2, 0.25) is 0 Å². The number of hydrogen-bond donors (Lipinski definition) is 0. The van der Waals surface area contributed by atoms with E-state index in [1.165, 1.54) is 58.2 Å². The van der Waals surface area contributed by atoms with Crippen molar-refractivity contribution in [2.75, 3.05) is 33.4 Å². The standard InChI is InChI=1S/C13H23NO/c1-15-11-13(6-7-13)10-14-8-12(9-14)4-2-3-5-12/h2-11H2,1H3. The predicted molar refractivity (Wildman–Crippen MR) is 60.9 cm³/mol. The molecule has 2 heteroatoms. The van der Waals surface area contributed by atoms with Gasteiger partial charge in [0, 0.05) is 32.2 Å². The van der Waals surface area contributed by atoms with E-state index in [2.05, 4.69) is 4.90 Å². The lowest BCUT2D eigenvalue weighted by Crippen LogP contribution is -2.56. The maximum absolute atomic E-state index is 5.33. The summed E-state index contributed by atoms with van der Waals surface area (Å²) in [5.74, 6) is 0. The number of hydrogen-bond acceptors (Lipinski definition) is 2. The molecule has 1 aliphatic heterocycles. The summed E-state index contributed by atoms with van der Waals surface area (Å²) < 4.78 is 5.33. The Labute approximate surface area is 93.0 Å². The number of ether oxygens (including phenoxy) is 1. The van der Waals surface area contributed by atoms with Crippen LogP contribution in [0, 0.1) is 10.8 Å². The van der Waals surface area contributed by atoms with Crippen molar-refractivity contribution in [1.29, 1.82) is 0 Å². The fourth-order valence-corrected chi connectivity index (χ4v) is 3.76. The van der Waals surface area contributed by atoms with Gasteiger partial charge < -0.3 is 9.64 Å². The third kappa shape index (κ3) is 1.83. The highest BCUT2D eigenvalue weighted by Crippen LogP contribution is 2.51. The Hall–Kier alpha value is -0.0800. The third-order valence-corrected chi connectivity index (χ3v) is 4.75. The maximum atomic E-state index is 5.33. The van der Waals surface area contributed by atoms with Crippen LogP contribution in [-0.4, -0.2) is 38.3 Å². The zero-order chi connectivity index (χ0) is 10.4. The third-order valence-electron chi connectivity index (χ3n) is 4.75. The van der Waals surface area contributed by atoms with E-state index in [1.54, 1.807) is 0 Å². The SMILES string of the molecule is COCC1(CN2CC3(CCCC3)C2)CC1. The molecule has 0 N–H and O–H groups in total. The van der Waals surface area contributed by atoms with Crippen molar-refractivity contribution in [2.45, 2.75) is 38.5 Å². The first-order chi connectivity index (χ1) is 7.26. The Kier molecular flexibility index (Phi) is 2.33. The summed E-state index contributed by atoms with van der Waals surface area (Å²) >= 11 is 0. The molecule has 1 heterocycles. The summed E-state index contributed by atoms with van der Waals surface area (Å²) in [5.41, 5.74) is 1.33. The molecule has 2 saturated carbocycles. The Morgan fingerprint density at radius 2 is 1.73 bits per heavy atom. The first-order valence-electron chi connectivity index (χ1n) is 6.47. The number of methoxy groups -OCH3 is 1. The zero-order valence-corrected chi connectivity index (χ0v) is 9.93. The van der Waals surface area contributed by atoms with Crippen LogP contribution in [0.25, 0.3) is 0 Å². The molecule has 0 bridgehead atoms. The van der Waals surface area contributed by atoms with Crippen LogP contribution in [-0.2, 0) is 4.74 Å². The van der Waals surface area contributed by atoms with Crippen molar-refractivity contribution in [2.24, 2.45) is 10.8 Å². The molecule has 0 amide bonds. The molecule has 2 aliphatic carbocycles. The molecule has 0 aromatic heterocycles. The van der Waals surface area contributed by atoms with Gasteiger partial charge in [-0.2, -0.15) is 0 Å². The molecule has 0 radical (unpaired) electrons. The Morgan fingerprint density at radius 1 is 1.07 bits per heavy atom. The predicted octanol–water partition coefficient (Wildman–Crippen LogP) is 2.29. The first-order valence-corrected chi connectivity index (χ1v) is 6.47. The second kappa shape index (κ2) is 3.46. The highest BCUT2D eigenvalue weighted by Gasteiger charge is 2.50. The van der Waals surface area contributed by atoms with Gasteiger partial charge in [-0.25, -0.2) is 0 Å². The average Bonchev–Trinajstić information content (AvgIpc) is 2.75. The lowest BCUT2D eigenvalue weighted by Gasteiger charge is -2.49. The van der Waals surface area contributed by atoms with Gasteiger partial charge in [-0.05, 0) is 31.1 Å². The van der Waals surface area contributed by atoms with Gasteiger partial charge in [0.15, 0.2) is 0 Å². The molecule has 3 aliphatic rings. The molecule has 0 atom stereocenters. The number of likely N-dealkylation sites (tertiary alicyclic amines) is 1. The van der Waals surface area contributed by atoms with Crippen LogP contribution < -0.4 is 0 Å². The van der Waals surface area contributed by atoms with Crippen molar-refractivity contribution >= 4 is 0 Å². The van der Waals surface area contributed by atoms with Crippen molar-refractivity contribution < 1.29 is 4.74 Å². The monoisotopic (exact) mass is 209 g/mol. The van der Waals surface area contributed by atoms with Crippen LogP contribution >= 0.6 is 0 Å². The summed E-state index contributed by atoms with van der Waals surface area (Å²) in [6, 6.07) is 0. The van der Waals surface area contributed by atoms with Crippen molar-refractivity contribution in [1.82, 2.24) is 4.90 Å². The van der Waals surface area contributed by atoms with Crippen molar-refractivity contribution in [3.8, 4) is 0 Å². The molecule has 3 rings (SSSR count). The normalized spacial score (nSPS) is 31.8. The fourth-order valence-electron chi connectivity index (χ4n) is 3.76. The molecule has 0 aromatic rings. The van der Waals surface area contributed by atoms with E-state index in [-0.39, 0.29) is 0 Å². The van der Waals surface area contributed by atoms with Crippen LogP contribution in [0.5, 0.6) is 0 Å². The molecule has 1 saturated heterocycles. The zero-order valence-electron chi connectivity index (χ0n) is 9.93. The van der Waals surface area contributed by atoms with Gasteiger partial charge in [0.25, 0.3) is 0 Å². The lowest BCUT2D eigenvalue weighted by molar-refractivity contribution is -0.0188. The van der Waals surface area contributed by atoms with E-state index < -0.39 is 0 Å². The topological polar surface area (TPSA) is 12.5 Å². The van der Waals surface area contributed by atoms with Crippen LogP contribution in [0.3, 0.4) is 0 Å². The van der Waals surface area contributed by atoms with E-state index in [0.29, 0.717) is 5.41 Å². The summed E-state index contributed by atoms with van der Waals surface area (Å²) in [7, 11) is 1.84. The quantitative estimate of drug-likeness (QED) is 0.704. The average molecular weight is 209 g/mol. The van der Waals surface area contributed by atoms with E-state index >= 15 is 0 Å². The first kappa shape index (κ1) is 10.1. The highest BCUT2D eigenvalue weighted by atomic mass is 16.5. The summed E-state index contributed by atoms with van der Waals surface area (Å²) in [6.07, 6.45) is 8.75. The summed E-state index contributed by atoms with van der Waals surface area (Å²) in [4.78, 5) is 2.68. The second-order valence-electron chi connectivity index (χ2n) is 6.29. The van der Waals surface area contributed by atoms with E-state index in [1.807, 2.05) is 7.11 Å². The van der Waals surface area contributed by atoms with Crippen molar-refractivity contribution in [3.63, 3.8) is 0 Å². The molecule has 86 valence electrons. The molecule has 0 unspecified atom stereocenters. The van der Waals surface area contributed by atoms with Crippen molar-refractivity contribution in [3.05, 3.63) is 0 Å². The minimum absolute atomic E-state index is 0.564. The lowest BCUT2D eigenvalue weighted by atomic mass is 9.77. The molecule has 2 nitrogen and oxygen atoms in total. The number of rotatable bonds is 4. The summed E-state index contributed by atoms with van der Waals surface area (Å²) in [6.45, 7) is 5.07. The van der Waals surface area contributed by atoms with E-state index in [4.69, 9.17) is 4.74 Å². The Balaban J connectivity index is 1.47. The van der Waals surface area contributed by atoms with Gasteiger partial charge in [-0.15, -0.1) is 0 Å². The van der Waals surface area contributed by atoms with E-state index in [0.717, 1.165) is 12.0 Å². The molecule has 1 spiro atoms. The molecule has 3 fully saturated rings. The fraction of sp³-hybridized carbons (Fsp3) is 1.00. The van der Waals surface area contributed by atoms with Crippen LogP contribution in [0.1, 0.15) is 38.5 Å².